The first-order chi connectivity index (χ1) is 13.5. The minimum Gasteiger partial charge on any atom is -0.504 e. The van der Waals surface area contributed by atoms with Crippen molar-refractivity contribution in [2.75, 3.05) is 12.4 Å². The fraction of sp³-hybridized carbons (Fsp3) is 0.100. The van der Waals surface area contributed by atoms with Crippen molar-refractivity contribution in [1.82, 2.24) is 9.78 Å². The van der Waals surface area contributed by atoms with Crippen molar-refractivity contribution >= 4 is 17.4 Å². The Hall–Kier alpha value is -3.63. The highest BCUT2D eigenvalue weighted by atomic mass is 35.5. The summed E-state index contributed by atoms with van der Waals surface area (Å²) in [6.07, 6.45) is 0. The molecule has 140 valence electrons. The van der Waals surface area contributed by atoms with Crippen molar-refractivity contribution in [3.05, 3.63) is 70.5 Å². The van der Waals surface area contributed by atoms with Gasteiger partial charge < -0.3 is 20.9 Å². The molecule has 1 aromatic heterocycles. The van der Waals surface area contributed by atoms with Crippen LogP contribution >= 0.6 is 11.6 Å². The fourth-order valence-electron chi connectivity index (χ4n) is 3.25. The number of aromatic hydroxyl groups is 1. The number of phenols is 1. The van der Waals surface area contributed by atoms with Gasteiger partial charge in [-0.2, -0.15) is 10.4 Å². The number of nitrogens with zero attached hydrogens (tertiary/aromatic N) is 3. The molecule has 2 aromatic carbocycles. The number of aromatic nitrogens is 2. The van der Waals surface area contributed by atoms with E-state index < -0.39 is 6.04 Å². The summed E-state index contributed by atoms with van der Waals surface area (Å²) in [5.41, 5.74) is 8.57. The number of nitriles is 1. The molecule has 1 atom stereocenters. The molecule has 8 heteroatoms. The van der Waals surface area contributed by atoms with Gasteiger partial charge in [-0.3, -0.25) is 0 Å². The Balaban J connectivity index is 1.92. The lowest BCUT2D eigenvalue weighted by Gasteiger charge is -2.27. The normalized spacial score (nSPS) is 15.5. The van der Waals surface area contributed by atoms with E-state index in [9.17, 15) is 10.4 Å². The predicted octanol–water partition coefficient (Wildman–Crippen LogP) is 3.63. The minimum absolute atomic E-state index is 0.0914. The van der Waals surface area contributed by atoms with Crippen LogP contribution in [-0.4, -0.2) is 22.0 Å². The number of ether oxygens (including phenoxy) is 1. The smallest absolute Gasteiger partial charge is 0.160 e. The summed E-state index contributed by atoms with van der Waals surface area (Å²) < 4.78 is 6.87. The third kappa shape index (κ3) is 2.80. The van der Waals surface area contributed by atoms with Gasteiger partial charge in [0, 0.05) is 23.3 Å². The molecule has 1 aliphatic heterocycles. The van der Waals surface area contributed by atoms with Gasteiger partial charge in [-0.05, 0) is 6.07 Å². The zero-order chi connectivity index (χ0) is 19.8. The summed E-state index contributed by atoms with van der Waals surface area (Å²) >= 11 is 6.40. The summed E-state index contributed by atoms with van der Waals surface area (Å²) in [5, 5.41) is 27.7. The number of nitrogens with one attached hydrogen (secondary N) is 1. The second-order valence-corrected chi connectivity index (χ2v) is 6.64. The zero-order valence-corrected chi connectivity index (χ0v) is 15.6. The van der Waals surface area contributed by atoms with Gasteiger partial charge in [0.2, 0.25) is 0 Å². The number of phenolic OH excluding ortho intramolecular Hbond substituents is 1. The molecule has 0 aliphatic carbocycles. The topological polar surface area (TPSA) is 109 Å². The molecule has 1 aliphatic rings. The molecule has 0 saturated heterocycles. The predicted molar refractivity (Wildman–Crippen MR) is 106 cm³/mol. The second-order valence-electron chi connectivity index (χ2n) is 6.24. The van der Waals surface area contributed by atoms with E-state index in [1.54, 1.807) is 10.7 Å². The number of rotatable bonds is 3. The molecule has 0 saturated carbocycles. The summed E-state index contributed by atoms with van der Waals surface area (Å²) in [7, 11) is 1.44. The lowest BCUT2D eigenvalue weighted by atomic mass is 9.97. The number of hydrogen-bond acceptors (Lipinski definition) is 6. The van der Waals surface area contributed by atoms with Crippen molar-refractivity contribution in [2.24, 2.45) is 5.73 Å². The molecule has 7 nitrogen and oxygen atoms in total. The number of benzene rings is 2. The number of allylic oxidation sites excluding steroid dienone is 1. The van der Waals surface area contributed by atoms with Crippen molar-refractivity contribution in [2.45, 2.75) is 6.04 Å². The van der Waals surface area contributed by atoms with Crippen LogP contribution in [0.25, 0.3) is 11.3 Å². The SMILES string of the molecule is COc1cc(C2C(C#N)=C(N)Nc3cc(-c4ccccc4)nn32)c(Cl)cc1O. The van der Waals surface area contributed by atoms with E-state index in [0.717, 1.165) is 11.3 Å². The molecule has 0 spiro atoms. The molecular formula is C20H16ClN5O2. The van der Waals surface area contributed by atoms with Gasteiger partial charge in [0.05, 0.1) is 23.4 Å². The van der Waals surface area contributed by atoms with Crippen LogP contribution in [0.4, 0.5) is 5.82 Å². The molecular weight excluding hydrogens is 378 g/mol. The van der Waals surface area contributed by atoms with E-state index in [0.29, 0.717) is 11.4 Å². The van der Waals surface area contributed by atoms with E-state index in [2.05, 4.69) is 16.5 Å². The second kappa shape index (κ2) is 6.83. The van der Waals surface area contributed by atoms with Gasteiger partial charge in [0.25, 0.3) is 0 Å². The Bertz CT molecular complexity index is 1130. The van der Waals surface area contributed by atoms with Crippen LogP contribution < -0.4 is 15.8 Å². The number of methoxy groups -OCH3 is 1. The van der Waals surface area contributed by atoms with Crippen molar-refractivity contribution in [1.29, 1.82) is 5.26 Å². The summed E-state index contributed by atoms with van der Waals surface area (Å²) in [6, 6.07) is 16.0. The average molecular weight is 394 g/mol. The van der Waals surface area contributed by atoms with Crippen LogP contribution in [-0.2, 0) is 0 Å². The Morgan fingerprint density at radius 1 is 1.29 bits per heavy atom. The maximum Gasteiger partial charge on any atom is 0.160 e. The van der Waals surface area contributed by atoms with Crippen LogP contribution in [0.2, 0.25) is 5.02 Å². The first-order valence-corrected chi connectivity index (χ1v) is 8.79. The van der Waals surface area contributed by atoms with Gasteiger partial charge in [0.15, 0.2) is 11.5 Å². The standard InChI is InChI=1S/C20H16ClN5O2/c1-28-17-7-12(14(21)8-16(17)27)19-13(10-22)20(23)24-18-9-15(25-26(18)19)11-5-3-2-4-6-11/h2-9,19,24,27H,23H2,1H3. The summed E-state index contributed by atoms with van der Waals surface area (Å²) in [5.74, 6) is 1.00. The molecule has 0 radical (unpaired) electrons. The van der Waals surface area contributed by atoms with Crippen molar-refractivity contribution in [3.63, 3.8) is 0 Å². The Morgan fingerprint density at radius 2 is 2.04 bits per heavy atom. The summed E-state index contributed by atoms with van der Waals surface area (Å²) in [6.45, 7) is 0. The lowest BCUT2D eigenvalue weighted by molar-refractivity contribution is 0.372. The molecule has 4 rings (SSSR count). The van der Waals surface area contributed by atoms with E-state index >= 15 is 0 Å². The first kappa shape index (κ1) is 17.8. The van der Waals surface area contributed by atoms with Gasteiger partial charge in [-0.25, -0.2) is 4.68 Å². The molecule has 1 unspecified atom stereocenters. The highest BCUT2D eigenvalue weighted by molar-refractivity contribution is 6.31. The number of fused-ring (bicyclic) bond motifs is 1. The molecule has 3 aromatic rings. The minimum atomic E-state index is -0.666. The Morgan fingerprint density at radius 3 is 2.71 bits per heavy atom. The van der Waals surface area contributed by atoms with Crippen LogP contribution in [0.5, 0.6) is 11.5 Å². The largest absolute Gasteiger partial charge is 0.504 e. The third-order valence-electron chi connectivity index (χ3n) is 4.59. The Kier molecular flexibility index (Phi) is 4.34. The monoisotopic (exact) mass is 393 g/mol. The number of halogens is 1. The highest BCUT2D eigenvalue weighted by Crippen LogP contribution is 2.42. The Labute approximate surface area is 166 Å². The van der Waals surface area contributed by atoms with Gasteiger partial charge >= 0.3 is 0 Å². The van der Waals surface area contributed by atoms with E-state index in [-0.39, 0.29) is 27.9 Å². The van der Waals surface area contributed by atoms with Gasteiger partial charge in [-0.15, -0.1) is 0 Å². The zero-order valence-electron chi connectivity index (χ0n) is 14.8. The van der Waals surface area contributed by atoms with E-state index in [4.69, 9.17) is 22.1 Å². The molecule has 0 amide bonds. The van der Waals surface area contributed by atoms with E-state index in [1.807, 2.05) is 36.4 Å². The average Bonchev–Trinajstić information content (AvgIpc) is 3.11. The van der Waals surface area contributed by atoms with Gasteiger partial charge in [0.1, 0.15) is 23.7 Å². The van der Waals surface area contributed by atoms with Crippen LogP contribution in [0.1, 0.15) is 11.6 Å². The van der Waals surface area contributed by atoms with Crippen molar-refractivity contribution < 1.29 is 9.84 Å². The molecule has 4 N–H and O–H groups in total. The maximum absolute atomic E-state index is 9.99. The number of hydrogen-bond donors (Lipinski definition) is 3. The van der Waals surface area contributed by atoms with Crippen LogP contribution in [0.3, 0.4) is 0 Å². The first-order valence-electron chi connectivity index (χ1n) is 8.41. The molecule has 28 heavy (non-hydrogen) atoms. The highest BCUT2D eigenvalue weighted by Gasteiger charge is 2.32. The maximum atomic E-state index is 9.99. The van der Waals surface area contributed by atoms with Crippen LogP contribution in [0.15, 0.2) is 59.9 Å². The molecule has 0 fully saturated rings. The molecule has 0 bridgehead atoms. The molecule has 2 heterocycles. The summed E-state index contributed by atoms with van der Waals surface area (Å²) in [4.78, 5) is 0. The number of anilines is 1. The van der Waals surface area contributed by atoms with Crippen LogP contribution in [0, 0.1) is 11.3 Å². The lowest BCUT2D eigenvalue weighted by Crippen LogP contribution is -2.28. The van der Waals surface area contributed by atoms with E-state index in [1.165, 1.54) is 13.2 Å². The van der Waals surface area contributed by atoms with Gasteiger partial charge in [-0.1, -0.05) is 41.9 Å². The van der Waals surface area contributed by atoms with Crippen molar-refractivity contribution in [3.8, 4) is 28.8 Å². The number of nitrogens with two attached hydrogens (primary N) is 1. The fourth-order valence-corrected chi connectivity index (χ4v) is 3.51. The quantitative estimate of drug-likeness (QED) is 0.627. The third-order valence-corrected chi connectivity index (χ3v) is 4.92.